The van der Waals surface area contributed by atoms with Gasteiger partial charge in [-0.25, -0.2) is 0 Å². The van der Waals surface area contributed by atoms with Crippen molar-refractivity contribution in [2.75, 3.05) is 20.3 Å². The molecule has 17 heavy (non-hydrogen) atoms. The number of nitrogens with one attached hydrogen (secondary N) is 1. The van der Waals surface area contributed by atoms with Crippen LogP contribution in [0.15, 0.2) is 18.2 Å². The molecule has 3 nitrogen and oxygen atoms in total. The van der Waals surface area contributed by atoms with Gasteiger partial charge in [0.05, 0.1) is 13.7 Å². The summed E-state index contributed by atoms with van der Waals surface area (Å²) in [6.45, 7) is 3.82. The molecule has 1 aromatic carbocycles. The Morgan fingerprint density at radius 3 is 2.82 bits per heavy atom. The third kappa shape index (κ3) is 3.93. The molecule has 1 aliphatic carbocycles. The molecule has 0 bridgehead atoms. The maximum atomic E-state index is 5.72. The molecule has 0 atom stereocenters. The van der Waals surface area contributed by atoms with Gasteiger partial charge in [-0.2, -0.15) is 0 Å². The Kier molecular flexibility index (Phi) is 4.26. The topological polar surface area (TPSA) is 30.5 Å². The molecule has 0 radical (unpaired) electrons. The summed E-state index contributed by atoms with van der Waals surface area (Å²) in [6.07, 6.45) is 3.72. The lowest BCUT2D eigenvalue weighted by atomic mass is 10.2. The monoisotopic (exact) mass is 235 g/mol. The minimum atomic E-state index is 0.735. The van der Waals surface area contributed by atoms with E-state index in [9.17, 15) is 0 Å². The Morgan fingerprint density at radius 2 is 2.12 bits per heavy atom. The van der Waals surface area contributed by atoms with Gasteiger partial charge in [0.15, 0.2) is 11.5 Å². The number of hydrogen-bond donors (Lipinski definition) is 1. The average Bonchev–Trinajstić information content (AvgIpc) is 3.14. The molecule has 3 heteroatoms. The van der Waals surface area contributed by atoms with Gasteiger partial charge in [0.2, 0.25) is 0 Å². The van der Waals surface area contributed by atoms with Crippen LogP contribution in [0.4, 0.5) is 0 Å². The summed E-state index contributed by atoms with van der Waals surface area (Å²) < 4.78 is 11.0. The van der Waals surface area contributed by atoms with Crippen molar-refractivity contribution in [1.82, 2.24) is 5.32 Å². The molecule has 0 spiro atoms. The van der Waals surface area contributed by atoms with Crippen LogP contribution in [0.2, 0.25) is 0 Å². The number of methoxy groups -OCH3 is 1. The molecular weight excluding hydrogens is 214 g/mol. The summed E-state index contributed by atoms with van der Waals surface area (Å²) in [5.74, 6) is 1.66. The molecule has 0 amide bonds. The van der Waals surface area contributed by atoms with E-state index in [1.807, 2.05) is 25.1 Å². The molecule has 94 valence electrons. The van der Waals surface area contributed by atoms with Crippen molar-refractivity contribution in [3.05, 3.63) is 23.8 Å². The van der Waals surface area contributed by atoms with E-state index in [-0.39, 0.29) is 0 Å². The van der Waals surface area contributed by atoms with Gasteiger partial charge in [-0.05, 0) is 50.4 Å². The van der Waals surface area contributed by atoms with Crippen LogP contribution < -0.4 is 14.8 Å². The van der Waals surface area contributed by atoms with Gasteiger partial charge in [0, 0.05) is 6.04 Å². The summed E-state index contributed by atoms with van der Waals surface area (Å²) in [7, 11) is 1.68. The Labute approximate surface area is 103 Å². The second kappa shape index (κ2) is 5.92. The van der Waals surface area contributed by atoms with Crippen molar-refractivity contribution >= 4 is 0 Å². The number of ether oxygens (including phenoxy) is 2. The van der Waals surface area contributed by atoms with Crippen molar-refractivity contribution < 1.29 is 9.47 Å². The fraction of sp³-hybridized carbons (Fsp3) is 0.571. The predicted molar refractivity (Wildman–Crippen MR) is 68.9 cm³/mol. The normalized spacial score (nSPS) is 14.7. The SMILES string of the molecule is COc1cc(C)ccc1OCCCNC1CC1. The van der Waals surface area contributed by atoms with E-state index in [1.165, 1.54) is 18.4 Å². The van der Waals surface area contributed by atoms with Crippen molar-refractivity contribution in [2.24, 2.45) is 0 Å². The molecule has 0 aliphatic heterocycles. The van der Waals surface area contributed by atoms with Crippen LogP contribution in [0.25, 0.3) is 0 Å². The highest BCUT2D eigenvalue weighted by atomic mass is 16.5. The zero-order chi connectivity index (χ0) is 12.1. The van der Waals surface area contributed by atoms with Gasteiger partial charge in [-0.15, -0.1) is 0 Å². The van der Waals surface area contributed by atoms with Crippen LogP contribution in [-0.2, 0) is 0 Å². The Bertz CT molecular complexity index is 361. The second-order valence-electron chi connectivity index (χ2n) is 4.58. The van der Waals surface area contributed by atoms with E-state index < -0.39 is 0 Å². The van der Waals surface area contributed by atoms with E-state index in [1.54, 1.807) is 7.11 Å². The quantitative estimate of drug-likeness (QED) is 0.737. The number of benzene rings is 1. The van der Waals surface area contributed by atoms with Gasteiger partial charge in [0.1, 0.15) is 0 Å². The highest BCUT2D eigenvalue weighted by Gasteiger charge is 2.19. The summed E-state index contributed by atoms with van der Waals surface area (Å²) in [5, 5.41) is 3.47. The van der Waals surface area contributed by atoms with Crippen LogP contribution in [0.5, 0.6) is 11.5 Å². The first-order valence-corrected chi connectivity index (χ1v) is 6.30. The highest BCUT2D eigenvalue weighted by molar-refractivity contribution is 5.42. The lowest BCUT2D eigenvalue weighted by Crippen LogP contribution is -2.19. The van der Waals surface area contributed by atoms with Crippen LogP contribution >= 0.6 is 0 Å². The Balaban J connectivity index is 1.73. The van der Waals surface area contributed by atoms with E-state index in [4.69, 9.17) is 9.47 Å². The van der Waals surface area contributed by atoms with Crippen LogP contribution in [0.3, 0.4) is 0 Å². The molecule has 2 rings (SSSR count). The molecule has 1 fully saturated rings. The van der Waals surface area contributed by atoms with Crippen LogP contribution in [0, 0.1) is 6.92 Å². The first kappa shape index (κ1) is 12.2. The molecular formula is C14H21NO2. The fourth-order valence-corrected chi connectivity index (χ4v) is 1.74. The smallest absolute Gasteiger partial charge is 0.161 e. The first-order chi connectivity index (χ1) is 8.29. The first-order valence-electron chi connectivity index (χ1n) is 6.30. The molecule has 1 aromatic rings. The molecule has 1 saturated carbocycles. The number of hydrogen-bond acceptors (Lipinski definition) is 3. The summed E-state index contributed by atoms with van der Waals surface area (Å²) in [5.41, 5.74) is 1.18. The van der Waals surface area contributed by atoms with E-state index in [0.717, 1.165) is 37.1 Å². The largest absolute Gasteiger partial charge is 0.493 e. The Morgan fingerprint density at radius 1 is 1.29 bits per heavy atom. The standard InChI is InChI=1S/C14H21NO2/c1-11-4-7-13(14(10-11)16-2)17-9-3-8-15-12-5-6-12/h4,7,10,12,15H,3,5-6,8-9H2,1-2H3. The van der Waals surface area contributed by atoms with Crippen molar-refractivity contribution in [3.8, 4) is 11.5 Å². The van der Waals surface area contributed by atoms with Gasteiger partial charge in [-0.3, -0.25) is 0 Å². The highest BCUT2D eigenvalue weighted by Crippen LogP contribution is 2.27. The van der Waals surface area contributed by atoms with E-state index >= 15 is 0 Å². The predicted octanol–water partition coefficient (Wildman–Crippen LogP) is 2.52. The van der Waals surface area contributed by atoms with Crippen molar-refractivity contribution in [3.63, 3.8) is 0 Å². The molecule has 0 aromatic heterocycles. The third-order valence-electron chi connectivity index (χ3n) is 2.91. The Hall–Kier alpha value is -1.22. The zero-order valence-electron chi connectivity index (χ0n) is 10.7. The van der Waals surface area contributed by atoms with Crippen molar-refractivity contribution in [2.45, 2.75) is 32.2 Å². The molecule has 0 unspecified atom stereocenters. The van der Waals surface area contributed by atoms with Gasteiger partial charge >= 0.3 is 0 Å². The lowest BCUT2D eigenvalue weighted by molar-refractivity contribution is 0.287. The minimum absolute atomic E-state index is 0.735. The number of aryl methyl sites for hydroxylation is 1. The number of rotatable bonds is 7. The molecule has 1 aliphatic rings. The van der Waals surface area contributed by atoms with Gasteiger partial charge < -0.3 is 14.8 Å². The third-order valence-corrected chi connectivity index (χ3v) is 2.91. The molecule has 0 saturated heterocycles. The van der Waals surface area contributed by atoms with Crippen LogP contribution in [0.1, 0.15) is 24.8 Å². The summed E-state index contributed by atoms with van der Waals surface area (Å²) >= 11 is 0. The molecule has 0 heterocycles. The second-order valence-corrected chi connectivity index (χ2v) is 4.58. The molecule has 1 N–H and O–H groups in total. The van der Waals surface area contributed by atoms with Gasteiger partial charge in [0.25, 0.3) is 0 Å². The van der Waals surface area contributed by atoms with Crippen LogP contribution in [-0.4, -0.2) is 26.3 Å². The van der Waals surface area contributed by atoms with E-state index in [2.05, 4.69) is 5.32 Å². The maximum Gasteiger partial charge on any atom is 0.161 e. The minimum Gasteiger partial charge on any atom is -0.493 e. The van der Waals surface area contributed by atoms with Crippen molar-refractivity contribution in [1.29, 1.82) is 0 Å². The summed E-state index contributed by atoms with van der Waals surface area (Å²) in [4.78, 5) is 0. The van der Waals surface area contributed by atoms with E-state index in [0.29, 0.717) is 0 Å². The lowest BCUT2D eigenvalue weighted by Gasteiger charge is -2.11. The average molecular weight is 235 g/mol. The zero-order valence-corrected chi connectivity index (χ0v) is 10.7. The summed E-state index contributed by atoms with van der Waals surface area (Å²) in [6, 6.07) is 6.80. The maximum absolute atomic E-state index is 5.72. The fourth-order valence-electron chi connectivity index (χ4n) is 1.74. The van der Waals surface area contributed by atoms with Gasteiger partial charge in [-0.1, -0.05) is 6.07 Å².